The topological polar surface area (TPSA) is 81.8 Å². The number of nitrogens with zero attached hydrogens (tertiary/aromatic N) is 2. The second-order valence-corrected chi connectivity index (χ2v) is 6.82. The number of rotatable bonds is 6. The molecule has 0 radical (unpaired) electrons. The molecular weight excluding hydrogens is 332 g/mol. The molecule has 2 N–H and O–H groups in total. The molecule has 2 aliphatic heterocycles. The average molecular weight is 358 g/mol. The van der Waals surface area contributed by atoms with Gasteiger partial charge in [-0.25, -0.2) is 4.79 Å². The zero-order valence-electron chi connectivity index (χ0n) is 15.2. The van der Waals surface area contributed by atoms with Crippen molar-refractivity contribution < 1.29 is 14.4 Å². The van der Waals surface area contributed by atoms with E-state index >= 15 is 0 Å². The summed E-state index contributed by atoms with van der Waals surface area (Å²) in [5.41, 5.74) is 1.39. The van der Waals surface area contributed by atoms with Crippen molar-refractivity contribution in [2.45, 2.75) is 38.8 Å². The standard InChI is InChI=1S/C19H26N4O3/c1-2-10-22(16-6-8-20-9-7-16)18(25)15-5-3-4-14(11-15)13-23-17(24)12-21-19(23)26/h3-5,11,16,20H,2,6-10,12-13H2,1H3,(H,21,26). The lowest BCUT2D eigenvalue weighted by Crippen LogP contribution is -2.46. The highest BCUT2D eigenvalue weighted by Gasteiger charge is 2.29. The SMILES string of the molecule is CCCN(C(=O)c1cccc(CN2C(=O)CNC2=O)c1)C1CCNCC1. The Labute approximate surface area is 153 Å². The first-order chi connectivity index (χ1) is 12.6. The molecule has 7 heteroatoms. The molecule has 0 saturated carbocycles. The summed E-state index contributed by atoms with van der Waals surface area (Å²) in [7, 11) is 0. The average Bonchev–Trinajstić information content (AvgIpc) is 2.98. The maximum Gasteiger partial charge on any atom is 0.324 e. The zero-order chi connectivity index (χ0) is 18.5. The molecule has 0 aliphatic carbocycles. The number of hydrogen-bond acceptors (Lipinski definition) is 4. The van der Waals surface area contributed by atoms with E-state index in [1.54, 1.807) is 12.1 Å². The normalized spacial score (nSPS) is 18.1. The van der Waals surface area contributed by atoms with Crippen LogP contribution >= 0.6 is 0 Å². The van der Waals surface area contributed by atoms with Crippen molar-refractivity contribution >= 4 is 17.8 Å². The van der Waals surface area contributed by atoms with Gasteiger partial charge in [-0.05, 0) is 50.0 Å². The highest BCUT2D eigenvalue weighted by Crippen LogP contribution is 2.18. The van der Waals surface area contributed by atoms with E-state index in [1.807, 2.05) is 17.0 Å². The van der Waals surface area contributed by atoms with Gasteiger partial charge in [0.05, 0.1) is 13.1 Å². The van der Waals surface area contributed by atoms with Crippen LogP contribution in [0.15, 0.2) is 24.3 Å². The van der Waals surface area contributed by atoms with Crippen LogP contribution < -0.4 is 10.6 Å². The van der Waals surface area contributed by atoms with Gasteiger partial charge in [-0.2, -0.15) is 0 Å². The van der Waals surface area contributed by atoms with Crippen molar-refractivity contribution in [3.05, 3.63) is 35.4 Å². The van der Waals surface area contributed by atoms with E-state index in [1.165, 1.54) is 4.90 Å². The number of amides is 4. The van der Waals surface area contributed by atoms with Gasteiger partial charge in [0.15, 0.2) is 0 Å². The van der Waals surface area contributed by atoms with Crippen LogP contribution in [-0.2, 0) is 11.3 Å². The summed E-state index contributed by atoms with van der Waals surface area (Å²) in [5.74, 6) is -0.216. The lowest BCUT2D eigenvalue weighted by atomic mass is 10.0. The molecule has 2 heterocycles. The summed E-state index contributed by atoms with van der Waals surface area (Å²) in [6.07, 6.45) is 2.85. The fraction of sp³-hybridized carbons (Fsp3) is 0.526. The van der Waals surface area contributed by atoms with Gasteiger partial charge in [0.2, 0.25) is 5.91 Å². The summed E-state index contributed by atoms with van der Waals surface area (Å²) < 4.78 is 0. The van der Waals surface area contributed by atoms with Crippen molar-refractivity contribution in [2.24, 2.45) is 0 Å². The lowest BCUT2D eigenvalue weighted by Gasteiger charge is -2.34. The van der Waals surface area contributed by atoms with E-state index in [2.05, 4.69) is 17.6 Å². The van der Waals surface area contributed by atoms with Gasteiger partial charge in [-0.1, -0.05) is 19.1 Å². The quantitative estimate of drug-likeness (QED) is 0.752. The van der Waals surface area contributed by atoms with Crippen molar-refractivity contribution in [1.29, 1.82) is 0 Å². The summed E-state index contributed by atoms with van der Waals surface area (Å²) in [6.45, 7) is 4.91. The third-order valence-electron chi connectivity index (χ3n) is 4.93. The first-order valence-electron chi connectivity index (χ1n) is 9.29. The highest BCUT2D eigenvalue weighted by atomic mass is 16.2. The van der Waals surface area contributed by atoms with Crippen LogP contribution in [0.2, 0.25) is 0 Å². The fourth-order valence-corrected chi connectivity index (χ4v) is 3.58. The van der Waals surface area contributed by atoms with Gasteiger partial charge in [-0.15, -0.1) is 0 Å². The first kappa shape index (κ1) is 18.4. The van der Waals surface area contributed by atoms with Crippen LogP contribution in [0.1, 0.15) is 42.1 Å². The molecule has 140 valence electrons. The molecule has 26 heavy (non-hydrogen) atoms. The lowest BCUT2D eigenvalue weighted by molar-refractivity contribution is -0.125. The van der Waals surface area contributed by atoms with E-state index in [-0.39, 0.29) is 37.0 Å². The van der Waals surface area contributed by atoms with E-state index in [0.29, 0.717) is 5.56 Å². The smallest absolute Gasteiger partial charge is 0.324 e. The van der Waals surface area contributed by atoms with E-state index in [4.69, 9.17) is 0 Å². The Bertz CT molecular complexity index is 669. The summed E-state index contributed by atoms with van der Waals surface area (Å²) >= 11 is 0. The number of benzene rings is 1. The monoisotopic (exact) mass is 358 g/mol. The van der Waals surface area contributed by atoms with Gasteiger partial charge in [0, 0.05) is 18.2 Å². The van der Waals surface area contributed by atoms with Gasteiger partial charge in [-0.3, -0.25) is 14.5 Å². The minimum Gasteiger partial charge on any atom is -0.336 e. The molecule has 0 spiro atoms. The third-order valence-corrected chi connectivity index (χ3v) is 4.93. The second kappa shape index (κ2) is 8.31. The molecule has 0 aromatic heterocycles. The van der Waals surface area contributed by atoms with Crippen LogP contribution in [0.3, 0.4) is 0 Å². The van der Waals surface area contributed by atoms with E-state index in [0.717, 1.165) is 44.5 Å². The van der Waals surface area contributed by atoms with Crippen molar-refractivity contribution in [1.82, 2.24) is 20.4 Å². The fourth-order valence-electron chi connectivity index (χ4n) is 3.58. The highest BCUT2D eigenvalue weighted by molar-refractivity contribution is 6.02. The van der Waals surface area contributed by atoms with Crippen LogP contribution in [0.5, 0.6) is 0 Å². The second-order valence-electron chi connectivity index (χ2n) is 6.82. The predicted molar refractivity (Wildman–Crippen MR) is 97.6 cm³/mol. The maximum atomic E-state index is 13.1. The molecule has 2 fully saturated rings. The molecule has 2 aliphatic rings. The Morgan fingerprint density at radius 1 is 1.27 bits per heavy atom. The summed E-state index contributed by atoms with van der Waals surface area (Å²) in [4.78, 5) is 39.7. The molecule has 0 bridgehead atoms. The number of hydrogen-bond donors (Lipinski definition) is 2. The number of urea groups is 1. The van der Waals surface area contributed by atoms with Crippen LogP contribution in [-0.4, -0.2) is 59.9 Å². The largest absolute Gasteiger partial charge is 0.336 e. The maximum absolute atomic E-state index is 13.1. The summed E-state index contributed by atoms with van der Waals surface area (Å²) in [6, 6.07) is 7.14. The van der Waals surface area contributed by atoms with Crippen LogP contribution in [0, 0.1) is 0 Å². The molecule has 0 atom stereocenters. The minimum atomic E-state index is -0.381. The molecule has 3 rings (SSSR count). The minimum absolute atomic E-state index is 0.0257. The number of carbonyl (C=O) groups is 3. The Hall–Kier alpha value is -2.41. The van der Waals surface area contributed by atoms with Gasteiger partial charge in [0.25, 0.3) is 5.91 Å². The van der Waals surface area contributed by atoms with Crippen molar-refractivity contribution in [3.63, 3.8) is 0 Å². The number of nitrogens with one attached hydrogen (secondary N) is 2. The van der Waals surface area contributed by atoms with Crippen molar-refractivity contribution in [3.8, 4) is 0 Å². The molecule has 2 saturated heterocycles. The molecule has 4 amide bonds. The Morgan fingerprint density at radius 2 is 2.04 bits per heavy atom. The van der Waals surface area contributed by atoms with E-state index < -0.39 is 0 Å². The third kappa shape index (κ3) is 4.04. The Balaban J connectivity index is 1.75. The van der Waals surface area contributed by atoms with Gasteiger partial charge < -0.3 is 15.5 Å². The summed E-state index contributed by atoms with van der Waals surface area (Å²) in [5, 5.41) is 5.85. The Morgan fingerprint density at radius 3 is 2.69 bits per heavy atom. The number of carbonyl (C=O) groups excluding carboxylic acids is 3. The number of piperidine rings is 1. The molecule has 0 unspecified atom stereocenters. The molecular formula is C19H26N4O3. The zero-order valence-corrected chi connectivity index (χ0v) is 15.2. The van der Waals surface area contributed by atoms with Crippen LogP contribution in [0.4, 0.5) is 4.79 Å². The van der Waals surface area contributed by atoms with Crippen molar-refractivity contribution in [2.75, 3.05) is 26.2 Å². The van der Waals surface area contributed by atoms with Gasteiger partial charge in [0.1, 0.15) is 0 Å². The molecule has 1 aromatic rings. The number of imide groups is 1. The van der Waals surface area contributed by atoms with Crippen LogP contribution in [0.25, 0.3) is 0 Å². The Kier molecular flexibility index (Phi) is 5.88. The predicted octanol–water partition coefficient (Wildman–Crippen LogP) is 1.34. The first-order valence-corrected chi connectivity index (χ1v) is 9.29. The van der Waals surface area contributed by atoms with E-state index in [9.17, 15) is 14.4 Å². The molecule has 7 nitrogen and oxygen atoms in total. The molecule has 1 aromatic carbocycles. The van der Waals surface area contributed by atoms with Gasteiger partial charge >= 0.3 is 6.03 Å².